The highest BCUT2D eigenvalue weighted by molar-refractivity contribution is 5.28. The molecule has 0 amide bonds. The molecule has 0 N–H and O–H groups in total. The van der Waals surface area contributed by atoms with Crippen molar-refractivity contribution >= 4 is 0 Å². The van der Waals surface area contributed by atoms with Crippen LogP contribution in [0.4, 0.5) is 0 Å². The molecule has 0 aliphatic carbocycles. The van der Waals surface area contributed by atoms with Crippen LogP contribution in [0.3, 0.4) is 0 Å². The summed E-state index contributed by atoms with van der Waals surface area (Å²) in [6.07, 6.45) is 0.446. The minimum Gasteiger partial charge on any atom is -0.491 e. The van der Waals surface area contributed by atoms with Gasteiger partial charge in [0.1, 0.15) is 18.0 Å². The molecule has 1 aliphatic rings. The Labute approximate surface area is 89.2 Å². The van der Waals surface area contributed by atoms with Crippen LogP contribution in [-0.2, 0) is 11.2 Å². The van der Waals surface area contributed by atoms with E-state index in [2.05, 4.69) is 6.07 Å². The third-order valence-electron chi connectivity index (χ3n) is 2.39. The summed E-state index contributed by atoms with van der Waals surface area (Å²) in [6, 6.07) is 9.71. The molecule has 3 nitrogen and oxygen atoms in total. The first-order valence-electron chi connectivity index (χ1n) is 4.94. The van der Waals surface area contributed by atoms with Crippen LogP contribution in [0.5, 0.6) is 5.75 Å². The third kappa shape index (κ3) is 2.71. The minimum absolute atomic E-state index is 0.0781. The lowest BCUT2D eigenvalue weighted by Gasteiger charge is -2.08. The molecule has 0 bridgehead atoms. The van der Waals surface area contributed by atoms with Crippen molar-refractivity contribution < 1.29 is 9.47 Å². The van der Waals surface area contributed by atoms with E-state index in [0.717, 1.165) is 17.9 Å². The van der Waals surface area contributed by atoms with Gasteiger partial charge < -0.3 is 9.47 Å². The standard InChI is InChI=1S/C12H13NO2/c1-12(9-15-12)8-14-11-4-2-10(3-5-11)6-7-13/h2-5H,6,8-9H2,1H3. The Morgan fingerprint density at radius 3 is 2.67 bits per heavy atom. The van der Waals surface area contributed by atoms with Gasteiger partial charge in [-0.15, -0.1) is 0 Å². The molecule has 1 aliphatic heterocycles. The van der Waals surface area contributed by atoms with Crippen LogP contribution in [0, 0.1) is 11.3 Å². The molecule has 1 aromatic rings. The van der Waals surface area contributed by atoms with E-state index in [9.17, 15) is 0 Å². The Kier molecular flexibility index (Phi) is 2.61. The van der Waals surface area contributed by atoms with Gasteiger partial charge in [0.15, 0.2) is 0 Å². The second-order valence-corrected chi connectivity index (χ2v) is 4.01. The van der Waals surface area contributed by atoms with Crippen LogP contribution in [0.15, 0.2) is 24.3 Å². The van der Waals surface area contributed by atoms with Crippen molar-refractivity contribution in [2.45, 2.75) is 18.9 Å². The first kappa shape index (κ1) is 10.0. The molecular weight excluding hydrogens is 190 g/mol. The van der Waals surface area contributed by atoms with Crippen molar-refractivity contribution in [3.05, 3.63) is 29.8 Å². The molecule has 0 radical (unpaired) electrons. The van der Waals surface area contributed by atoms with Crippen molar-refractivity contribution in [2.75, 3.05) is 13.2 Å². The number of benzene rings is 1. The number of rotatable bonds is 4. The molecule has 1 saturated heterocycles. The molecule has 1 atom stereocenters. The molecule has 0 aromatic heterocycles. The predicted molar refractivity (Wildman–Crippen MR) is 55.6 cm³/mol. The van der Waals surface area contributed by atoms with Gasteiger partial charge in [-0.25, -0.2) is 0 Å². The van der Waals surface area contributed by atoms with E-state index in [1.54, 1.807) is 0 Å². The molecule has 1 fully saturated rings. The van der Waals surface area contributed by atoms with Crippen LogP contribution in [0.1, 0.15) is 12.5 Å². The van der Waals surface area contributed by atoms with Gasteiger partial charge in [0.05, 0.1) is 19.1 Å². The summed E-state index contributed by atoms with van der Waals surface area (Å²) in [5.74, 6) is 0.827. The Bertz CT molecular complexity index is 374. The van der Waals surface area contributed by atoms with Crippen molar-refractivity contribution in [3.8, 4) is 11.8 Å². The van der Waals surface area contributed by atoms with E-state index in [4.69, 9.17) is 14.7 Å². The fourth-order valence-electron chi connectivity index (χ4n) is 1.24. The Balaban J connectivity index is 1.89. The summed E-state index contributed by atoms with van der Waals surface area (Å²) >= 11 is 0. The van der Waals surface area contributed by atoms with E-state index in [-0.39, 0.29) is 5.60 Å². The predicted octanol–water partition coefficient (Wildman–Crippen LogP) is 1.92. The van der Waals surface area contributed by atoms with Gasteiger partial charge in [-0.1, -0.05) is 12.1 Å². The lowest BCUT2D eigenvalue weighted by atomic mass is 10.1. The summed E-state index contributed by atoms with van der Waals surface area (Å²) in [4.78, 5) is 0. The van der Waals surface area contributed by atoms with E-state index in [0.29, 0.717) is 13.0 Å². The number of ether oxygens (including phenoxy) is 2. The molecule has 0 saturated carbocycles. The SMILES string of the molecule is CC1(COc2ccc(CC#N)cc2)CO1. The average molecular weight is 203 g/mol. The first-order chi connectivity index (χ1) is 7.22. The zero-order valence-corrected chi connectivity index (χ0v) is 8.69. The third-order valence-corrected chi connectivity index (χ3v) is 2.39. The highest BCUT2D eigenvalue weighted by atomic mass is 16.6. The fraction of sp³-hybridized carbons (Fsp3) is 0.417. The van der Waals surface area contributed by atoms with Crippen molar-refractivity contribution in [2.24, 2.45) is 0 Å². The maximum absolute atomic E-state index is 8.51. The number of epoxide rings is 1. The van der Waals surface area contributed by atoms with Crippen LogP contribution >= 0.6 is 0 Å². The monoisotopic (exact) mass is 203 g/mol. The second-order valence-electron chi connectivity index (χ2n) is 4.01. The van der Waals surface area contributed by atoms with Crippen LogP contribution in [-0.4, -0.2) is 18.8 Å². The van der Waals surface area contributed by atoms with Gasteiger partial charge in [-0.3, -0.25) is 0 Å². The lowest BCUT2D eigenvalue weighted by Crippen LogP contribution is -2.16. The Morgan fingerprint density at radius 2 is 2.13 bits per heavy atom. The summed E-state index contributed by atoms with van der Waals surface area (Å²) in [6.45, 7) is 3.39. The topological polar surface area (TPSA) is 45.5 Å². The van der Waals surface area contributed by atoms with Gasteiger partial charge in [0.2, 0.25) is 0 Å². The normalized spacial score (nSPS) is 23.2. The lowest BCUT2D eigenvalue weighted by molar-refractivity contribution is 0.202. The Morgan fingerprint density at radius 1 is 1.47 bits per heavy atom. The highest BCUT2D eigenvalue weighted by Crippen LogP contribution is 2.26. The number of hydrogen-bond donors (Lipinski definition) is 0. The fourth-order valence-corrected chi connectivity index (χ4v) is 1.24. The smallest absolute Gasteiger partial charge is 0.123 e. The molecular formula is C12H13NO2. The van der Waals surface area contributed by atoms with E-state index in [1.807, 2.05) is 31.2 Å². The minimum atomic E-state index is -0.0781. The molecule has 15 heavy (non-hydrogen) atoms. The summed E-state index contributed by atoms with van der Waals surface area (Å²) in [7, 11) is 0. The summed E-state index contributed by atoms with van der Waals surface area (Å²) < 4.78 is 10.8. The number of hydrogen-bond acceptors (Lipinski definition) is 3. The summed E-state index contributed by atoms with van der Waals surface area (Å²) in [5, 5.41) is 8.51. The van der Waals surface area contributed by atoms with Crippen molar-refractivity contribution in [1.29, 1.82) is 5.26 Å². The summed E-state index contributed by atoms with van der Waals surface area (Å²) in [5.41, 5.74) is 0.935. The first-order valence-corrected chi connectivity index (χ1v) is 4.94. The molecule has 2 rings (SSSR count). The maximum Gasteiger partial charge on any atom is 0.123 e. The number of nitriles is 1. The molecule has 3 heteroatoms. The van der Waals surface area contributed by atoms with E-state index < -0.39 is 0 Å². The van der Waals surface area contributed by atoms with Gasteiger partial charge >= 0.3 is 0 Å². The molecule has 1 aromatic carbocycles. The highest BCUT2D eigenvalue weighted by Gasteiger charge is 2.40. The molecule has 78 valence electrons. The maximum atomic E-state index is 8.51. The Hall–Kier alpha value is -1.53. The van der Waals surface area contributed by atoms with Gasteiger partial charge in [-0.05, 0) is 24.6 Å². The van der Waals surface area contributed by atoms with Gasteiger partial charge in [0.25, 0.3) is 0 Å². The van der Waals surface area contributed by atoms with Crippen LogP contribution in [0.2, 0.25) is 0 Å². The number of nitrogens with zero attached hydrogens (tertiary/aromatic N) is 1. The van der Waals surface area contributed by atoms with E-state index >= 15 is 0 Å². The largest absolute Gasteiger partial charge is 0.491 e. The molecule has 0 spiro atoms. The van der Waals surface area contributed by atoms with Crippen molar-refractivity contribution in [1.82, 2.24) is 0 Å². The van der Waals surface area contributed by atoms with Gasteiger partial charge in [0, 0.05) is 0 Å². The molecule has 1 heterocycles. The zero-order chi connectivity index (χ0) is 10.7. The molecule has 1 unspecified atom stereocenters. The van der Waals surface area contributed by atoms with Crippen LogP contribution < -0.4 is 4.74 Å². The van der Waals surface area contributed by atoms with Gasteiger partial charge in [-0.2, -0.15) is 5.26 Å². The second kappa shape index (κ2) is 3.92. The van der Waals surface area contributed by atoms with Crippen LogP contribution in [0.25, 0.3) is 0 Å². The quantitative estimate of drug-likeness (QED) is 0.702. The average Bonchev–Trinajstić information content (AvgIpc) is 2.97. The van der Waals surface area contributed by atoms with Crippen molar-refractivity contribution in [3.63, 3.8) is 0 Å². The van der Waals surface area contributed by atoms with E-state index in [1.165, 1.54) is 0 Å². The zero-order valence-electron chi connectivity index (χ0n) is 8.69.